The second-order valence-electron chi connectivity index (χ2n) is 8.61. The van der Waals surface area contributed by atoms with Gasteiger partial charge in [0.1, 0.15) is 0 Å². The van der Waals surface area contributed by atoms with E-state index in [1.165, 1.54) is 36.1 Å². The van der Waals surface area contributed by atoms with Crippen LogP contribution in [0.3, 0.4) is 0 Å². The number of amides is 1. The van der Waals surface area contributed by atoms with Crippen molar-refractivity contribution in [3.05, 3.63) is 64.7 Å². The minimum atomic E-state index is -0.337. The highest BCUT2D eigenvalue weighted by Gasteiger charge is 2.22. The smallest absolute Gasteiger partial charge is 0.338 e. The predicted octanol–water partition coefficient (Wildman–Crippen LogP) is 5.36. The normalized spacial score (nSPS) is 14.7. The van der Waals surface area contributed by atoms with Crippen molar-refractivity contribution >= 4 is 17.6 Å². The number of carbonyl (C=O) groups is 2. The molecule has 1 N–H and O–H groups in total. The third-order valence-corrected chi connectivity index (χ3v) is 6.00. The Balaban J connectivity index is 1.73. The molecule has 1 saturated heterocycles. The Hall–Kier alpha value is -2.82. The van der Waals surface area contributed by atoms with Crippen LogP contribution in [-0.4, -0.2) is 31.6 Å². The van der Waals surface area contributed by atoms with E-state index in [0.29, 0.717) is 12.2 Å². The molecule has 3 rings (SSSR count). The monoisotopic (exact) mass is 436 g/mol. The molecule has 1 unspecified atom stereocenters. The van der Waals surface area contributed by atoms with Crippen molar-refractivity contribution in [1.29, 1.82) is 0 Å². The van der Waals surface area contributed by atoms with Gasteiger partial charge in [-0.1, -0.05) is 43.2 Å². The van der Waals surface area contributed by atoms with Crippen LogP contribution < -0.4 is 10.2 Å². The number of benzene rings is 2. The van der Waals surface area contributed by atoms with Crippen LogP contribution in [0.5, 0.6) is 0 Å². The van der Waals surface area contributed by atoms with Gasteiger partial charge in [-0.25, -0.2) is 4.79 Å². The molecule has 0 saturated carbocycles. The number of ether oxygens (including phenoxy) is 1. The number of anilines is 1. The van der Waals surface area contributed by atoms with E-state index in [0.717, 1.165) is 31.5 Å². The number of hydrogen-bond acceptors (Lipinski definition) is 4. The Morgan fingerprint density at radius 3 is 2.41 bits per heavy atom. The van der Waals surface area contributed by atoms with Gasteiger partial charge >= 0.3 is 5.97 Å². The molecule has 5 nitrogen and oxygen atoms in total. The van der Waals surface area contributed by atoms with Gasteiger partial charge in [0.05, 0.1) is 24.6 Å². The molecular formula is C27H36N2O3. The number of piperidine rings is 1. The summed E-state index contributed by atoms with van der Waals surface area (Å²) < 4.78 is 5.03. The minimum absolute atomic E-state index is 0.00145. The second kappa shape index (κ2) is 11.7. The standard InChI is InChI=1S/C27H36N2O3/c1-4-9-24(23-18-20(3)10-15-25(23)29-16-7-6-8-17-29)28-26(30)19-21-11-13-22(14-12-21)27(31)32-5-2/h10-15,18,24H,4-9,16-17,19H2,1-3H3,(H,28,30). The number of hydrogen-bond donors (Lipinski definition) is 1. The van der Waals surface area contributed by atoms with Gasteiger partial charge < -0.3 is 15.0 Å². The first-order valence-corrected chi connectivity index (χ1v) is 11.9. The Morgan fingerprint density at radius 2 is 1.75 bits per heavy atom. The van der Waals surface area contributed by atoms with Crippen LogP contribution >= 0.6 is 0 Å². The van der Waals surface area contributed by atoms with Gasteiger partial charge in [0.2, 0.25) is 5.91 Å². The number of esters is 1. The number of rotatable bonds is 9. The minimum Gasteiger partial charge on any atom is -0.462 e. The number of nitrogens with one attached hydrogen (secondary N) is 1. The molecule has 1 heterocycles. The van der Waals surface area contributed by atoms with Crippen LogP contribution in [0.2, 0.25) is 0 Å². The predicted molar refractivity (Wildman–Crippen MR) is 129 cm³/mol. The molecule has 1 atom stereocenters. The molecule has 0 spiro atoms. The van der Waals surface area contributed by atoms with E-state index in [1.807, 2.05) is 12.1 Å². The van der Waals surface area contributed by atoms with E-state index >= 15 is 0 Å². The van der Waals surface area contributed by atoms with Gasteiger partial charge in [-0.05, 0) is 68.9 Å². The average Bonchev–Trinajstić information content (AvgIpc) is 2.80. The van der Waals surface area contributed by atoms with Crippen molar-refractivity contribution in [3.8, 4) is 0 Å². The lowest BCUT2D eigenvalue weighted by atomic mass is 9.96. The molecule has 1 fully saturated rings. The molecule has 32 heavy (non-hydrogen) atoms. The first-order valence-electron chi connectivity index (χ1n) is 11.9. The molecule has 2 aromatic carbocycles. The topological polar surface area (TPSA) is 58.6 Å². The quantitative estimate of drug-likeness (QED) is 0.538. The lowest BCUT2D eigenvalue weighted by Crippen LogP contribution is -2.34. The maximum atomic E-state index is 12.9. The molecule has 1 amide bonds. The van der Waals surface area contributed by atoms with Gasteiger partial charge in [0.15, 0.2) is 0 Å². The van der Waals surface area contributed by atoms with Gasteiger partial charge in [-0.15, -0.1) is 0 Å². The summed E-state index contributed by atoms with van der Waals surface area (Å²) in [4.78, 5) is 27.3. The first-order chi connectivity index (χ1) is 15.5. The summed E-state index contributed by atoms with van der Waals surface area (Å²) in [6.07, 6.45) is 5.92. The highest BCUT2D eigenvalue weighted by atomic mass is 16.5. The Morgan fingerprint density at radius 1 is 1.03 bits per heavy atom. The van der Waals surface area contributed by atoms with Crippen molar-refractivity contribution in [2.45, 2.75) is 65.3 Å². The van der Waals surface area contributed by atoms with Crippen LogP contribution in [-0.2, 0) is 16.0 Å². The fourth-order valence-electron chi connectivity index (χ4n) is 4.37. The van der Waals surface area contributed by atoms with E-state index in [9.17, 15) is 9.59 Å². The number of aryl methyl sites for hydroxylation is 1. The SMILES string of the molecule is CCCC(NC(=O)Cc1ccc(C(=O)OCC)cc1)c1cc(C)ccc1N1CCCCC1. The Kier molecular flexibility index (Phi) is 8.72. The van der Waals surface area contributed by atoms with Gasteiger partial charge in [-0.3, -0.25) is 4.79 Å². The molecule has 5 heteroatoms. The first kappa shape index (κ1) is 23.8. The molecule has 0 aliphatic carbocycles. The average molecular weight is 437 g/mol. The van der Waals surface area contributed by atoms with E-state index < -0.39 is 0 Å². The maximum absolute atomic E-state index is 12.9. The van der Waals surface area contributed by atoms with Crippen LogP contribution in [0.1, 0.15) is 79.0 Å². The lowest BCUT2D eigenvalue weighted by Gasteiger charge is -2.33. The number of nitrogens with zero attached hydrogens (tertiary/aromatic N) is 1. The van der Waals surface area contributed by atoms with E-state index in [1.54, 1.807) is 19.1 Å². The van der Waals surface area contributed by atoms with Crippen LogP contribution in [0.25, 0.3) is 0 Å². The molecule has 1 aliphatic rings. The van der Waals surface area contributed by atoms with Crippen molar-refractivity contribution < 1.29 is 14.3 Å². The summed E-state index contributed by atoms with van der Waals surface area (Å²) in [5.74, 6) is -0.338. The largest absolute Gasteiger partial charge is 0.462 e. The summed E-state index contributed by atoms with van der Waals surface area (Å²) in [7, 11) is 0. The summed E-state index contributed by atoms with van der Waals surface area (Å²) in [5.41, 5.74) is 5.08. The Labute approximate surface area is 192 Å². The second-order valence-corrected chi connectivity index (χ2v) is 8.61. The van der Waals surface area contributed by atoms with Gasteiger partial charge in [0, 0.05) is 18.8 Å². The van der Waals surface area contributed by atoms with Gasteiger partial charge in [0.25, 0.3) is 0 Å². The highest BCUT2D eigenvalue weighted by molar-refractivity contribution is 5.89. The van der Waals surface area contributed by atoms with Crippen molar-refractivity contribution in [2.75, 3.05) is 24.6 Å². The summed E-state index contributed by atoms with van der Waals surface area (Å²) in [6.45, 7) is 8.56. The fourth-order valence-corrected chi connectivity index (χ4v) is 4.37. The van der Waals surface area contributed by atoms with E-state index in [2.05, 4.69) is 42.3 Å². The summed E-state index contributed by atoms with van der Waals surface area (Å²) in [6, 6.07) is 13.7. The molecule has 0 radical (unpaired) electrons. The zero-order chi connectivity index (χ0) is 22.9. The van der Waals surface area contributed by atoms with Crippen molar-refractivity contribution in [3.63, 3.8) is 0 Å². The highest BCUT2D eigenvalue weighted by Crippen LogP contribution is 2.32. The van der Waals surface area contributed by atoms with E-state index in [4.69, 9.17) is 4.74 Å². The Bertz CT molecular complexity index is 902. The van der Waals surface area contributed by atoms with Gasteiger partial charge in [-0.2, -0.15) is 0 Å². The third-order valence-electron chi connectivity index (χ3n) is 6.00. The molecule has 1 aliphatic heterocycles. The zero-order valence-electron chi connectivity index (χ0n) is 19.7. The maximum Gasteiger partial charge on any atom is 0.338 e. The third kappa shape index (κ3) is 6.35. The molecule has 172 valence electrons. The van der Waals surface area contributed by atoms with Crippen molar-refractivity contribution in [1.82, 2.24) is 5.32 Å². The van der Waals surface area contributed by atoms with Crippen LogP contribution in [0.4, 0.5) is 5.69 Å². The van der Waals surface area contributed by atoms with Crippen LogP contribution in [0, 0.1) is 6.92 Å². The summed E-state index contributed by atoms with van der Waals surface area (Å²) in [5, 5.41) is 3.29. The number of carbonyl (C=O) groups excluding carboxylic acids is 2. The molecular weight excluding hydrogens is 400 g/mol. The molecule has 2 aromatic rings. The zero-order valence-corrected chi connectivity index (χ0v) is 19.7. The molecule has 0 aromatic heterocycles. The van der Waals surface area contributed by atoms with E-state index in [-0.39, 0.29) is 24.3 Å². The molecule has 0 bridgehead atoms. The fraction of sp³-hybridized carbons (Fsp3) is 0.481. The van der Waals surface area contributed by atoms with Crippen LogP contribution in [0.15, 0.2) is 42.5 Å². The lowest BCUT2D eigenvalue weighted by molar-refractivity contribution is -0.121. The van der Waals surface area contributed by atoms with Crippen molar-refractivity contribution in [2.24, 2.45) is 0 Å². The summed E-state index contributed by atoms with van der Waals surface area (Å²) >= 11 is 0.